The molecule has 20 heavy (non-hydrogen) atoms. The van der Waals surface area contributed by atoms with Crippen LogP contribution in [0.2, 0.25) is 0 Å². The zero-order valence-corrected chi connectivity index (χ0v) is 13.1. The Labute approximate surface area is 121 Å². The number of hydrogen-bond donors (Lipinski definition) is 2. The average Bonchev–Trinajstić information content (AvgIpc) is 2.43. The molecule has 0 heterocycles. The molecule has 0 aromatic carbocycles. The molecule has 2 N–H and O–H groups in total. The lowest BCUT2D eigenvalue weighted by molar-refractivity contribution is -0.140. The average molecular weight is 284 g/mol. The fourth-order valence-electron chi connectivity index (χ4n) is 2.94. The summed E-state index contributed by atoms with van der Waals surface area (Å²) in [4.78, 5) is 25.2. The van der Waals surface area contributed by atoms with Gasteiger partial charge in [0.15, 0.2) is 0 Å². The number of carboxylic acids is 1. The maximum Gasteiger partial charge on any atom is 0.326 e. The van der Waals surface area contributed by atoms with E-state index in [0.29, 0.717) is 5.92 Å². The molecule has 0 radical (unpaired) electrons. The van der Waals surface area contributed by atoms with Gasteiger partial charge in [-0.1, -0.05) is 40.0 Å². The molecule has 1 saturated carbocycles. The highest BCUT2D eigenvalue weighted by atomic mass is 16.4. The Kier molecular flexibility index (Phi) is 6.30. The van der Waals surface area contributed by atoms with Gasteiger partial charge in [-0.15, -0.1) is 0 Å². The first-order valence-electron chi connectivity index (χ1n) is 7.64. The van der Waals surface area contributed by atoms with Crippen LogP contribution in [0.15, 0.2) is 0 Å². The number of nitrogens with zero attached hydrogens (tertiary/aromatic N) is 1. The zero-order valence-electron chi connectivity index (χ0n) is 13.1. The molecule has 5 heteroatoms. The molecular weight excluding hydrogens is 256 g/mol. The Morgan fingerprint density at radius 2 is 1.95 bits per heavy atom. The first kappa shape index (κ1) is 16.8. The van der Waals surface area contributed by atoms with Crippen molar-refractivity contribution in [3.8, 4) is 0 Å². The Hall–Kier alpha value is -1.26. The number of aliphatic carboxylic acids is 1. The van der Waals surface area contributed by atoms with Crippen molar-refractivity contribution in [3.05, 3.63) is 0 Å². The van der Waals surface area contributed by atoms with Crippen molar-refractivity contribution in [1.82, 2.24) is 10.2 Å². The second kappa shape index (κ2) is 7.50. The highest BCUT2D eigenvalue weighted by molar-refractivity contribution is 5.82. The molecule has 0 aromatic rings. The molecule has 1 fully saturated rings. The second-order valence-electron chi connectivity index (χ2n) is 6.09. The third-order valence-electron chi connectivity index (χ3n) is 4.64. The van der Waals surface area contributed by atoms with E-state index >= 15 is 0 Å². The zero-order chi connectivity index (χ0) is 15.3. The summed E-state index contributed by atoms with van der Waals surface area (Å²) in [5, 5.41) is 11.9. The predicted molar refractivity (Wildman–Crippen MR) is 78.6 cm³/mol. The highest BCUT2D eigenvalue weighted by Crippen LogP contribution is 2.27. The van der Waals surface area contributed by atoms with Gasteiger partial charge in [0.1, 0.15) is 6.04 Å². The first-order valence-corrected chi connectivity index (χ1v) is 7.64. The van der Waals surface area contributed by atoms with Crippen LogP contribution in [0.1, 0.15) is 52.9 Å². The third kappa shape index (κ3) is 4.12. The van der Waals surface area contributed by atoms with Crippen molar-refractivity contribution >= 4 is 12.0 Å². The van der Waals surface area contributed by atoms with E-state index in [0.717, 1.165) is 25.7 Å². The molecule has 0 aromatic heterocycles. The fraction of sp³-hybridized carbons (Fsp3) is 0.867. The lowest BCUT2D eigenvalue weighted by Gasteiger charge is -2.37. The van der Waals surface area contributed by atoms with E-state index < -0.39 is 12.0 Å². The van der Waals surface area contributed by atoms with Crippen LogP contribution in [0.5, 0.6) is 0 Å². The molecule has 5 nitrogen and oxygen atoms in total. The van der Waals surface area contributed by atoms with Crippen molar-refractivity contribution in [2.24, 2.45) is 11.8 Å². The minimum Gasteiger partial charge on any atom is -0.480 e. The summed E-state index contributed by atoms with van der Waals surface area (Å²) in [7, 11) is 1.78. The molecule has 0 bridgehead atoms. The summed E-state index contributed by atoms with van der Waals surface area (Å²) in [5.41, 5.74) is 0. The molecule has 0 spiro atoms. The van der Waals surface area contributed by atoms with Gasteiger partial charge in [0.25, 0.3) is 0 Å². The topological polar surface area (TPSA) is 69.6 Å². The summed E-state index contributed by atoms with van der Waals surface area (Å²) >= 11 is 0. The number of carbonyl (C=O) groups excluding carboxylic acids is 1. The van der Waals surface area contributed by atoms with Crippen molar-refractivity contribution in [2.75, 3.05) is 7.05 Å². The Morgan fingerprint density at radius 3 is 2.45 bits per heavy atom. The van der Waals surface area contributed by atoms with Crippen LogP contribution in [0, 0.1) is 11.8 Å². The van der Waals surface area contributed by atoms with Crippen molar-refractivity contribution in [3.63, 3.8) is 0 Å². The lowest BCUT2D eigenvalue weighted by Crippen LogP contribution is -2.53. The molecule has 3 unspecified atom stereocenters. The van der Waals surface area contributed by atoms with Crippen LogP contribution in [0.4, 0.5) is 4.79 Å². The summed E-state index contributed by atoms with van der Waals surface area (Å²) < 4.78 is 0. The molecule has 4 atom stereocenters. The van der Waals surface area contributed by atoms with E-state index in [4.69, 9.17) is 0 Å². The van der Waals surface area contributed by atoms with Gasteiger partial charge in [-0.05, 0) is 24.7 Å². The van der Waals surface area contributed by atoms with E-state index in [9.17, 15) is 14.7 Å². The van der Waals surface area contributed by atoms with Gasteiger partial charge in [-0.2, -0.15) is 0 Å². The number of amides is 2. The first-order chi connectivity index (χ1) is 9.38. The van der Waals surface area contributed by atoms with Gasteiger partial charge < -0.3 is 15.3 Å². The maximum atomic E-state index is 12.3. The van der Waals surface area contributed by atoms with Gasteiger partial charge in [-0.3, -0.25) is 0 Å². The Balaban J connectivity index is 2.65. The van der Waals surface area contributed by atoms with Gasteiger partial charge in [0, 0.05) is 13.1 Å². The Morgan fingerprint density at radius 1 is 1.35 bits per heavy atom. The SMILES string of the molecule is CCC(C)[C@H](NC(=O)N(C)C1CCCCC1C)C(=O)O. The van der Waals surface area contributed by atoms with Gasteiger partial charge in [-0.25, -0.2) is 9.59 Å². The standard InChI is InChI=1S/C15H28N2O3/c1-5-10(2)13(14(18)19)16-15(20)17(4)12-9-7-6-8-11(12)3/h10-13H,5-9H2,1-4H3,(H,16,20)(H,18,19)/t10?,11?,12?,13-/m0/s1. The highest BCUT2D eigenvalue weighted by Gasteiger charge is 2.31. The summed E-state index contributed by atoms with van der Waals surface area (Å²) in [6.45, 7) is 5.94. The van der Waals surface area contributed by atoms with Crippen LogP contribution in [0.3, 0.4) is 0 Å². The monoisotopic (exact) mass is 284 g/mol. The van der Waals surface area contributed by atoms with E-state index in [-0.39, 0.29) is 18.0 Å². The number of hydrogen-bond acceptors (Lipinski definition) is 2. The molecule has 116 valence electrons. The fourth-order valence-corrected chi connectivity index (χ4v) is 2.94. The van der Waals surface area contributed by atoms with Crippen molar-refractivity contribution in [1.29, 1.82) is 0 Å². The molecule has 1 rings (SSSR count). The number of carbonyl (C=O) groups is 2. The van der Waals surface area contributed by atoms with E-state index in [1.54, 1.807) is 11.9 Å². The van der Waals surface area contributed by atoms with Gasteiger partial charge in [0.05, 0.1) is 0 Å². The smallest absolute Gasteiger partial charge is 0.326 e. The summed E-state index contributed by atoms with van der Waals surface area (Å²) in [6, 6.07) is -0.861. The maximum absolute atomic E-state index is 12.3. The number of rotatable bonds is 5. The molecule has 2 amide bonds. The van der Waals surface area contributed by atoms with Crippen LogP contribution in [-0.2, 0) is 4.79 Å². The minimum atomic E-state index is -0.960. The second-order valence-corrected chi connectivity index (χ2v) is 6.09. The van der Waals surface area contributed by atoms with Crippen molar-refractivity contribution < 1.29 is 14.7 Å². The predicted octanol–water partition coefficient (Wildman–Crippen LogP) is 2.71. The number of carboxylic acid groups (broad SMARTS) is 1. The van der Waals surface area contributed by atoms with Crippen LogP contribution in [-0.4, -0.2) is 41.1 Å². The Bertz CT molecular complexity index is 346. The van der Waals surface area contributed by atoms with E-state index in [1.807, 2.05) is 13.8 Å². The number of urea groups is 1. The van der Waals surface area contributed by atoms with E-state index in [1.165, 1.54) is 6.42 Å². The summed E-state index contributed by atoms with van der Waals surface area (Å²) in [6.07, 6.45) is 5.22. The normalized spacial score (nSPS) is 25.6. The largest absolute Gasteiger partial charge is 0.480 e. The molecule has 0 aliphatic heterocycles. The van der Waals surface area contributed by atoms with Crippen LogP contribution < -0.4 is 5.32 Å². The summed E-state index contributed by atoms with van der Waals surface area (Å²) in [5.74, 6) is -0.558. The van der Waals surface area contributed by atoms with Gasteiger partial charge in [0.2, 0.25) is 0 Å². The minimum absolute atomic E-state index is 0.0753. The number of nitrogens with one attached hydrogen (secondary N) is 1. The van der Waals surface area contributed by atoms with Crippen LogP contribution >= 0.6 is 0 Å². The lowest BCUT2D eigenvalue weighted by atomic mass is 9.85. The van der Waals surface area contributed by atoms with Crippen molar-refractivity contribution in [2.45, 2.75) is 65.0 Å². The quantitative estimate of drug-likeness (QED) is 0.815. The molecule has 0 saturated heterocycles. The van der Waals surface area contributed by atoms with Gasteiger partial charge >= 0.3 is 12.0 Å². The molecular formula is C15H28N2O3. The molecule has 1 aliphatic carbocycles. The van der Waals surface area contributed by atoms with Crippen LogP contribution in [0.25, 0.3) is 0 Å². The van der Waals surface area contributed by atoms with E-state index in [2.05, 4.69) is 12.2 Å². The molecule has 1 aliphatic rings. The third-order valence-corrected chi connectivity index (χ3v) is 4.64.